The van der Waals surface area contributed by atoms with Gasteiger partial charge in [-0.25, -0.2) is 0 Å². The normalized spacial score (nSPS) is 33.4. The standard InChI is InChI=1S/C16H20N2O/c1-18-15-5-3-2-4-13(15)14(17-18)10-16(19)9-11-6-7-12(16)8-11/h2-5,11-12,19H,6-10H2,1H3. The Morgan fingerprint density at radius 2 is 2.21 bits per heavy atom. The van der Waals surface area contributed by atoms with Crippen LogP contribution in [0.5, 0.6) is 0 Å². The molecule has 0 saturated heterocycles. The predicted molar refractivity (Wildman–Crippen MR) is 74.8 cm³/mol. The van der Waals surface area contributed by atoms with Crippen LogP contribution in [-0.2, 0) is 13.5 Å². The number of nitrogens with zero attached hydrogens (tertiary/aromatic N) is 2. The second-order valence-corrected chi connectivity index (χ2v) is 6.45. The summed E-state index contributed by atoms with van der Waals surface area (Å²) in [7, 11) is 1.98. The van der Waals surface area contributed by atoms with Crippen LogP contribution in [0.3, 0.4) is 0 Å². The first-order valence-corrected chi connectivity index (χ1v) is 7.29. The summed E-state index contributed by atoms with van der Waals surface area (Å²) in [5, 5.41) is 16.8. The zero-order valence-corrected chi connectivity index (χ0v) is 11.3. The van der Waals surface area contributed by atoms with E-state index in [0.717, 1.165) is 30.0 Å². The van der Waals surface area contributed by atoms with Gasteiger partial charge in [-0.05, 0) is 43.6 Å². The molecule has 4 rings (SSSR count). The number of benzene rings is 1. The first-order chi connectivity index (χ1) is 9.16. The van der Waals surface area contributed by atoms with E-state index < -0.39 is 5.60 Å². The lowest BCUT2D eigenvalue weighted by atomic mass is 9.80. The molecule has 2 aliphatic rings. The van der Waals surface area contributed by atoms with Crippen molar-refractivity contribution in [3.8, 4) is 0 Å². The number of rotatable bonds is 2. The molecule has 2 aliphatic carbocycles. The second kappa shape index (κ2) is 3.83. The fraction of sp³-hybridized carbons (Fsp3) is 0.562. The van der Waals surface area contributed by atoms with E-state index >= 15 is 0 Å². The van der Waals surface area contributed by atoms with Gasteiger partial charge in [-0.1, -0.05) is 18.2 Å². The van der Waals surface area contributed by atoms with Crippen molar-refractivity contribution in [2.75, 3.05) is 0 Å². The molecule has 2 aromatic rings. The molecule has 0 spiro atoms. The zero-order valence-electron chi connectivity index (χ0n) is 11.3. The summed E-state index contributed by atoms with van der Waals surface area (Å²) < 4.78 is 1.93. The first kappa shape index (κ1) is 11.5. The number of para-hydroxylation sites is 1. The Kier molecular flexibility index (Phi) is 2.31. The van der Waals surface area contributed by atoms with Gasteiger partial charge >= 0.3 is 0 Å². The Morgan fingerprint density at radius 1 is 1.37 bits per heavy atom. The smallest absolute Gasteiger partial charge is 0.0734 e. The summed E-state index contributed by atoms with van der Waals surface area (Å²) >= 11 is 0. The van der Waals surface area contributed by atoms with E-state index in [4.69, 9.17) is 0 Å². The fourth-order valence-electron chi connectivity index (χ4n) is 4.34. The summed E-state index contributed by atoms with van der Waals surface area (Å²) in [6.45, 7) is 0. The number of hydrogen-bond acceptors (Lipinski definition) is 2. The minimum absolute atomic E-state index is 0.498. The largest absolute Gasteiger partial charge is 0.389 e. The number of aryl methyl sites for hydroxylation is 1. The van der Waals surface area contributed by atoms with Crippen LogP contribution in [0, 0.1) is 11.8 Å². The summed E-state index contributed by atoms with van der Waals surface area (Å²) in [6, 6.07) is 8.31. The van der Waals surface area contributed by atoms with E-state index in [1.54, 1.807) is 0 Å². The first-order valence-electron chi connectivity index (χ1n) is 7.29. The lowest BCUT2D eigenvalue weighted by Crippen LogP contribution is -2.37. The van der Waals surface area contributed by atoms with Crippen LogP contribution >= 0.6 is 0 Å². The Morgan fingerprint density at radius 3 is 2.95 bits per heavy atom. The number of hydrogen-bond donors (Lipinski definition) is 1. The molecule has 2 fully saturated rings. The number of fused-ring (bicyclic) bond motifs is 3. The van der Waals surface area contributed by atoms with Crippen LogP contribution in [-0.4, -0.2) is 20.5 Å². The highest BCUT2D eigenvalue weighted by molar-refractivity contribution is 5.81. The molecule has 1 heterocycles. The van der Waals surface area contributed by atoms with E-state index in [9.17, 15) is 5.11 Å². The molecule has 3 atom stereocenters. The zero-order chi connectivity index (χ0) is 13.0. The van der Waals surface area contributed by atoms with Gasteiger partial charge in [0.15, 0.2) is 0 Å². The number of aromatic nitrogens is 2. The molecular weight excluding hydrogens is 236 g/mol. The van der Waals surface area contributed by atoms with Crippen LogP contribution in [0.2, 0.25) is 0 Å². The van der Waals surface area contributed by atoms with Gasteiger partial charge < -0.3 is 5.11 Å². The maximum absolute atomic E-state index is 11.0. The van der Waals surface area contributed by atoms with Gasteiger partial charge in [0.25, 0.3) is 0 Å². The highest BCUT2D eigenvalue weighted by atomic mass is 16.3. The highest BCUT2D eigenvalue weighted by Crippen LogP contribution is 2.52. The lowest BCUT2D eigenvalue weighted by Gasteiger charge is -2.31. The summed E-state index contributed by atoms with van der Waals surface area (Å²) in [6.07, 6.45) is 5.43. The van der Waals surface area contributed by atoms with Crippen molar-refractivity contribution in [1.82, 2.24) is 9.78 Å². The molecule has 2 bridgehead atoms. The third-order valence-electron chi connectivity index (χ3n) is 5.25. The molecule has 100 valence electrons. The van der Waals surface area contributed by atoms with Gasteiger partial charge in [0.05, 0.1) is 16.8 Å². The minimum atomic E-state index is -0.500. The molecule has 0 amide bonds. The molecule has 19 heavy (non-hydrogen) atoms. The molecular formula is C16H20N2O. The van der Waals surface area contributed by atoms with Gasteiger partial charge in [0.1, 0.15) is 0 Å². The van der Waals surface area contributed by atoms with Gasteiger partial charge in [-0.3, -0.25) is 4.68 Å². The van der Waals surface area contributed by atoms with E-state index in [1.165, 1.54) is 24.6 Å². The number of aliphatic hydroxyl groups is 1. The Hall–Kier alpha value is -1.35. The average molecular weight is 256 g/mol. The van der Waals surface area contributed by atoms with Crippen molar-refractivity contribution in [1.29, 1.82) is 0 Å². The van der Waals surface area contributed by atoms with Crippen molar-refractivity contribution in [3.05, 3.63) is 30.0 Å². The molecule has 3 unspecified atom stereocenters. The fourth-order valence-corrected chi connectivity index (χ4v) is 4.34. The molecule has 2 saturated carbocycles. The van der Waals surface area contributed by atoms with Crippen molar-refractivity contribution >= 4 is 10.9 Å². The van der Waals surface area contributed by atoms with Crippen LogP contribution in [0.15, 0.2) is 24.3 Å². The average Bonchev–Trinajstić information content (AvgIpc) is 3.05. The highest BCUT2D eigenvalue weighted by Gasteiger charge is 2.50. The van der Waals surface area contributed by atoms with E-state index in [1.807, 2.05) is 17.8 Å². The van der Waals surface area contributed by atoms with Crippen LogP contribution in [0.4, 0.5) is 0 Å². The van der Waals surface area contributed by atoms with Crippen LogP contribution < -0.4 is 0 Å². The Labute approximate surface area is 113 Å². The maximum Gasteiger partial charge on any atom is 0.0734 e. The molecule has 0 aliphatic heterocycles. The van der Waals surface area contributed by atoms with Crippen LogP contribution in [0.25, 0.3) is 10.9 Å². The Bertz CT molecular complexity index is 633. The third-order valence-corrected chi connectivity index (χ3v) is 5.25. The second-order valence-electron chi connectivity index (χ2n) is 6.45. The van der Waals surface area contributed by atoms with Gasteiger partial charge in [0, 0.05) is 18.9 Å². The van der Waals surface area contributed by atoms with E-state index in [2.05, 4.69) is 23.3 Å². The van der Waals surface area contributed by atoms with Crippen molar-refractivity contribution < 1.29 is 5.11 Å². The van der Waals surface area contributed by atoms with Crippen molar-refractivity contribution in [2.24, 2.45) is 18.9 Å². The molecule has 3 nitrogen and oxygen atoms in total. The molecule has 3 heteroatoms. The van der Waals surface area contributed by atoms with E-state index in [-0.39, 0.29) is 0 Å². The lowest BCUT2D eigenvalue weighted by molar-refractivity contribution is -0.0131. The molecule has 1 aromatic carbocycles. The topological polar surface area (TPSA) is 38.0 Å². The molecule has 1 aromatic heterocycles. The SMILES string of the molecule is Cn1nc(CC2(O)CC3CCC2C3)c2ccccc21. The Balaban J connectivity index is 1.72. The quantitative estimate of drug-likeness (QED) is 0.897. The third kappa shape index (κ3) is 1.64. The van der Waals surface area contributed by atoms with E-state index in [0.29, 0.717) is 5.92 Å². The van der Waals surface area contributed by atoms with Gasteiger partial charge in [-0.2, -0.15) is 5.10 Å². The van der Waals surface area contributed by atoms with Gasteiger partial charge in [0.2, 0.25) is 0 Å². The van der Waals surface area contributed by atoms with Crippen molar-refractivity contribution in [3.63, 3.8) is 0 Å². The van der Waals surface area contributed by atoms with Crippen molar-refractivity contribution in [2.45, 2.75) is 37.7 Å². The van der Waals surface area contributed by atoms with Gasteiger partial charge in [-0.15, -0.1) is 0 Å². The minimum Gasteiger partial charge on any atom is -0.389 e. The van der Waals surface area contributed by atoms with Crippen LogP contribution in [0.1, 0.15) is 31.4 Å². The summed E-state index contributed by atoms with van der Waals surface area (Å²) in [5.41, 5.74) is 1.72. The summed E-state index contributed by atoms with van der Waals surface area (Å²) in [5.74, 6) is 1.25. The monoisotopic (exact) mass is 256 g/mol. The predicted octanol–water partition coefficient (Wildman–Crippen LogP) is 2.67. The molecule has 0 radical (unpaired) electrons. The molecule has 1 N–H and O–H groups in total. The summed E-state index contributed by atoms with van der Waals surface area (Å²) in [4.78, 5) is 0. The maximum atomic E-state index is 11.0.